The van der Waals surface area contributed by atoms with Crippen LogP contribution in [0.2, 0.25) is 0 Å². The van der Waals surface area contributed by atoms with Gasteiger partial charge in [-0.1, -0.05) is 18.2 Å². The van der Waals surface area contributed by atoms with Gasteiger partial charge in [0, 0.05) is 25.0 Å². The van der Waals surface area contributed by atoms with Crippen LogP contribution in [0, 0.1) is 0 Å². The minimum atomic E-state index is -3.48. The predicted octanol–water partition coefficient (Wildman–Crippen LogP) is 1.62. The second-order valence-corrected chi connectivity index (χ2v) is 6.63. The molecule has 3 N–H and O–H groups in total. The topological polar surface area (TPSA) is 85.1 Å². The van der Waals surface area contributed by atoms with E-state index in [1.807, 2.05) is 19.1 Å². The second kappa shape index (κ2) is 6.80. The number of nitrogens with two attached hydrogens (primary N) is 1. The molecule has 0 bridgehead atoms. The molecule has 21 heavy (non-hydrogen) atoms. The van der Waals surface area contributed by atoms with Gasteiger partial charge in [0.25, 0.3) is 0 Å². The van der Waals surface area contributed by atoms with Crippen LogP contribution in [-0.4, -0.2) is 19.9 Å². The number of rotatable bonds is 6. The van der Waals surface area contributed by atoms with Gasteiger partial charge in [-0.3, -0.25) is 4.98 Å². The fourth-order valence-corrected chi connectivity index (χ4v) is 2.94. The number of sulfonamides is 1. The minimum Gasteiger partial charge on any atom is -0.324 e. The van der Waals surface area contributed by atoms with Gasteiger partial charge < -0.3 is 5.73 Å². The Morgan fingerprint density at radius 2 is 1.95 bits per heavy atom. The largest absolute Gasteiger partial charge is 0.324 e. The normalized spacial score (nSPS) is 13.0. The Morgan fingerprint density at radius 1 is 1.24 bits per heavy atom. The molecule has 0 amide bonds. The van der Waals surface area contributed by atoms with Gasteiger partial charge in [0.1, 0.15) is 0 Å². The van der Waals surface area contributed by atoms with E-state index in [2.05, 4.69) is 9.71 Å². The monoisotopic (exact) mass is 305 g/mol. The molecule has 0 saturated carbocycles. The van der Waals surface area contributed by atoms with Gasteiger partial charge in [-0.25, -0.2) is 13.1 Å². The van der Waals surface area contributed by atoms with Gasteiger partial charge in [-0.05, 0) is 42.7 Å². The number of nitrogens with zero attached hydrogens (tertiary/aromatic N) is 1. The molecule has 0 aliphatic rings. The number of pyridine rings is 1. The summed E-state index contributed by atoms with van der Waals surface area (Å²) < 4.78 is 26.9. The van der Waals surface area contributed by atoms with Crippen molar-refractivity contribution in [3.05, 3.63) is 59.9 Å². The lowest BCUT2D eigenvalue weighted by Gasteiger charge is -2.09. The SMILES string of the molecule is CC(N)c1ccc(S(=O)(=O)NCCc2cccnc2)cc1. The van der Waals surface area contributed by atoms with Crippen LogP contribution in [0.25, 0.3) is 0 Å². The molecule has 6 heteroatoms. The Kier molecular flexibility index (Phi) is 5.06. The van der Waals surface area contributed by atoms with Gasteiger partial charge >= 0.3 is 0 Å². The van der Waals surface area contributed by atoms with Crippen molar-refractivity contribution in [2.24, 2.45) is 5.73 Å². The third-order valence-corrected chi connectivity index (χ3v) is 4.62. The summed E-state index contributed by atoms with van der Waals surface area (Å²) in [7, 11) is -3.48. The highest BCUT2D eigenvalue weighted by Crippen LogP contribution is 2.14. The van der Waals surface area contributed by atoms with Crippen LogP contribution in [-0.2, 0) is 16.4 Å². The molecule has 0 spiro atoms. The lowest BCUT2D eigenvalue weighted by Crippen LogP contribution is -2.26. The second-order valence-electron chi connectivity index (χ2n) is 4.87. The van der Waals surface area contributed by atoms with Crippen molar-refractivity contribution >= 4 is 10.0 Å². The van der Waals surface area contributed by atoms with E-state index in [0.717, 1.165) is 11.1 Å². The summed E-state index contributed by atoms with van der Waals surface area (Å²) in [5, 5.41) is 0. The standard InChI is InChI=1S/C15H19N3O2S/c1-12(16)14-4-6-15(7-5-14)21(19,20)18-10-8-13-3-2-9-17-11-13/h2-7,9,11-12,18H,8,10,16H2,1H3. The lowest BCUT2D eigenvalue weighted by atomic mass is 10.1. The van der Waals surface area contributed by atoms with Gasteiger partial charge in [-0.15, -0.1) is 0 Å². The van der Waals surface area contributed by atoms with Crippen LogP contribution in [0.4, 0.5) is 0 Å². The highest BCUT2D eigenvalue weighted by Gasteiger charge is 2.13. The van der Waals surface area contributed by atoms with E-state index in [0.29, 0.717) is 13.0 Å². The third-order valence-electron chi connectivity index (χ3n) is 3.14. The molecular formula is C15H19N3O2S. The van der Waals surface area contributed by atoms with E-state index in [-0.39, 0.29) is 10.9 Å². The Hall–Kier alpha value is -1.76. The average molecular weight is 305 g/mol. The van der Waals surface area contributed by atoms with Crippen molar-refractivity contribution < 1.29 is 8.42 Å². The van der Waals surface area contributed by atoms with Crippen LogP contribution >= 0.6 is 0 Å². The Balaban J connectivity index is 1.98. The Labute approximate surface area is 125 Å². The van der Waals surface area contributed by atoms with Crippen LogP contribution in [0.15, 0.2) is 53.7 Å². The summed E-state index contributed by atoms with van der Waals surface area (Å²) in [5.41, 5.74) is 7.65. The van der Waals surface area contributed by atoms with E-state index in [4.69, 9.17) is 5.73 Å². The fourth-order valence-electron chi connectivity index (χ4n) is 1.91. The molecule has 0 aliphatic carbocycles. The van der Waals surface area contributed by atoms with Crippen LogP contribution < -0.4 is 10.5 Å². The summed E-state index contributed by atoms with van der Waals surface area (Å²) >= 11 is 0. The molecule has 1 aromatic carbocycles. The van der Waals surface area contributed by atoms with Crippen LogP contribution in [0.1, 0.15) is 24.1 Å². The van der Waals surface area contributed by atoms with Crippen LogP contribution in [0.5, 0.6) is 0 Å². The van der Waals surface area contributed by atoms with Crippen molar-refractivity contribution in [3.8, 4) is 0 Å². The predicted molar refractivity (Wildman–Crippen MR) is 82.2 cm³/mol. The van der Waals surface area contributed by atoms with Crippen molar-refractivity contribution in [2.45, 2.75) is 24.3 Å². The van der Waals surface area contributed by atoms with Crippen molar-refractivity contribution in [2.75, 3.05) is 6.54 Å². The number of nitrogens with one attached hydrogen (secondary N) is 1. The summed E-state index contributed by atoms with van der Waals surface area (Å²) in [5.74, 6) is 0. The molecule has 2 rings (SSSR count). The Bertz CT molecular complexity index is 668. The third kappa shape index (κ3) is 4.35. The maximum atomic E-state index is 12.1. The molecule has 0 fully saturated rings. The highest BCUT2D eigenvalue weighted by molar-refractivity contribution is 7.89. The molecular weight excluding hydrogens is 286 g/mol. The molecule has 5 nitrogen and oxygen atoms in total. The molecule has 1 atom stereocenters. The first kappa shape index (κ1) is 15.6. The number of hydrogen-bond acceptors (Lipinski definition) is 4. The van der Waals surface area contributed by atoms with Gasteiger partial charge in [0.2, 0.25) is 10.0 Å². The maximum Gasteiger partial charge on any atom is 0.240 e. The summed E-state index contributed by atoms with van der Waals surface area (Å²) in [6.45, 7) is 2.19. The van der Waals surface area contributed by atoms with Crippen molar-refractivity contribution in [3.63, 3.8) is 0 Å². The van der Waals surface area contributed by atoms with E-state index >= 15 is 0 Å². The van der Waals surface area contributed by atoms with Gasteiger partial charge in [0.05, 0.1) is 4.90 Å². The summed E-state index contributed by atoms with van der Waals surface area (Å²) in [6.07, 6.45) is 4.02. The zero-order chi connectivity index (χ0) is 15.3. The van der Waals surface area contributed by atoms with E-state index in [1.165, 1.54) is 0 Å². The molecule has 0 aliphatic heterocycles. The molecule has 112 valence electrons. The number of hydrogen-bond donors (Lipinski definition) is 2. The number of aromatic nitrogens is 1. The van der Waals surface area contributed by atoms with Gasteiger partial charge in [-0.2, -0.15) is 0 Å². The smallest absolute Gasteiger partial charge is 0.240 e. The van der Waals surface area contributed by atoms with E-state index < -0.39 is 10.0 Å². The van der Waals surface area contributed by atoms with Gasteiger partial charge in [0.15, 0.2) is 0 Å². The van der Waals surface area contributed by atoms with Crippen LogP contribution in [0.3, 0.4) is 0 Å². The number of benzene rings is 1. The minimum absolute atomic E-state index is 0.111. The Morgan fingerprint density at radius 3 is 2.52 bits per heavy atom. The molecule has 1 aromatic heterocycles. The first-order valence-electron chi connectivity index (χ1n) is 6.73. The first-order chi connectivity index (χ1) is 9.99. The quantitative estimate of drug-likeness (QED) is 0.849. The van der Waals surface area contributed by atoms with Crippen molar-refractivity contribution in [1.82, 2.24) is 9.71 Å². The summed E-state index contributed by atoms with van der Waals surface area (Å²) in [6, 6.07) is 10.3. The molecule has 0 saturated heterocycles. The lowest BCUT2D eigenvalue weighted by molar-refractivity contribution is 0.581. The van der Waals surface area contributed by atoms with E-state index in [1.54, 1.807) is 36.7 Å². The zero-order valence-corrected chi connectivity index (χ0v) is 12.7. The molecule has 2 aromatic rings. The fraction of sp³-hybridized carbons (Fsp3) is 0.267. The zero-order valence-electron chi connectivity index (χ0n) is 11.9. The molecule has 1 heterocycles. The summed E-state index contributed by atoms with van der Waals surface area (Å²) in [4.78, 5) is 4.24. The highest BCUT2D eigenvalue weighted by atomic mass is 32.2. The maximum absolute atomic E-state index is 12.1. The molecule has 1 unspecified atom stereocenters. The van der Waals surface area contributed by atoms with Crippen molar-refractivity contribution in [1.29, 1.82) is 0 Å². The van der Waals surface area contributed by atoms with E-state index in [9.17, 15) is 8.42 Å². The first-order valence-corrected chi connectivity index (χ1v) is 8.21. The average Bonchev–Trinajstić information content (AvgIpc) is 2.48. The molecule has 0 radical (unpaired) electrons.